The Hall–Kier alpha value is -4.70. The third kappa shape index (κ3) is 6.42. The van der Waals surface area contributed by atoms with Crippen LogP contribution in [-0.2, 0) is 36.0 Å². The van der Waals surface area contributed by atoms with Crippen LogP contribution in [0.3, 0.4) is 0 Å². The maximum atomic E-state index is 14.5. The average Bonchev–Trinajstić information content (AvgIpc) is 3.03. The van der Waals surface area contributed by atoms with Gasteiger partial charge in [0.2, 0.25) is 5.91 Å². The Balaban J connectivity index is 1.58. The topological polar surface area (TPSA) is 78.9 Å². The molecular formula is C35H32F4N2O4. The Morgan fingerprint density at radius 1 is 0.956 bits per heavy atom. The highest BCUT2D eigenvalue weighted by molar-refractivity contribution is 6.03. The van der Waals surface area contributed by atoms with E-state index in [0.717, 1.165) is 17.7 Å². The summed E-state index contributed by atoms with van der Waals surface area (Å²) in [5.74, 6) is -1.29. The number of hydrogen-bond donors (Lipinski definition) is 2. The van der Waals surface area contributed by atoms with Crippen LogP contribution < -0.4 is 10.1 Å². The quantitative estimate of drug-likeness (QED) is 0.214. The lowest BCUT2D eigenvalue weighted by molar-refractivity contribution is -0.137. The first-order valence-electron chi connectivity index (χ1n) is 14.3. The van der Waals surface area contributed by atoms with E-state index in [4.69, 9.17) is 4.74 Å². The zero-order chi connectivity index (χ0) is 32.4. The molecule has 0 bridgehead atoms. The van der Waals surface area contributed by atoms with Crippen LogP contribution >= 0.6 is 0 Å². The maximum absolute atomic E-state index is 14.5. The van der Waals surface area contributed by atoms with E-state index in [1.807, 2.05) is 24.3 Å². The molecule has 1 aliphatic heterocycles. The van der Waals surface area contributed by atoms with Crippen molar-refractivity contribution in [2.45, 2.75) is 44.1 Å². The molecule has 0 unspecified atom stereocenters. The number of aliphatic hydroxyl groups is 1. The number of benzene rings is 4. The molecule has 0 aliphatic carbocycles. The molecule has 0 fully saturated rings. The van der Waals surface area contributed by atoms with Crippen molar-refractivity contribution in [2.24, 2.45) is 0 Å². The van der Waals surface area contributed by atoms with Gasteiger partial charge in [0.1, 0.15) is 11.6 Å². The first-order chi connectivity index (χ1) is 21.4. The summed E-state index contributed by atoms with van der Waals surface area (Å²) in [6.45, 7) is 1.34. The van der Waals surface area contributed by atoms with Crippen molar-refractivity contribution in [2.75, 3.05) is 13.7 Å². The summed E-state index contributed by atoms with van der Waals surface area (Å²) in [7, 11) is 1.57. The number of halogens is 4. The van der Waals surface area contributed by atoms with E-state index in [1.54, 1.807) is 62.6 Å². The second-order valence-corrected chi connectivity index (χ2v) is 11.2. The van der Waals surface area contributed by atoms with Crippen LogP contribution in [-0.4, -0.2) is 35.5 Å². The summed E-state index contributed by atoms with van der Waals surface area (Å²) in [4.78, 5) is 29.7. The second-order valence-electron chi connectivity index (χ2n) is 11.2. The minimum absolute atomic E-state index is 0.0747. The lowest BCUT2D eigenvalue weighted by Crippen LogP contribution is -2.57. The van der Waals surface area contributed by atoms with Crippen LogP contribution in [0.1, 0.15) is 56.7 Å². The van der Waals surface area contributed by atoms with Gasteiger partial charge in [0.15, 0.2) is 0 Å². The van der Waals surface area contributed by atoms with E-state index in [0.29, 0.717) is 34.9 Å². The van der Waals surface area contributed by atoms with E-state index in [9.17, 15) is 32.3 Å². The Kier molecular flexibility index (Phi) is 8.97. The first kappa shape index (κ1) is 31.7. The van der Waals surface area contributed by atoms with Crippen LogP contribution in [0.25, 0.3) is 0 Å². The van der Waals surface area contributed by atoms with Crippen molar-refractivity contribution < 1.29 is 37.0 Å². The number of aliphatic hydroxyl groups excluding tert-OH is 1. The first-order valence-corrected chi connectivity index (χ1v) is 14.3. The summed E-state index contributed by atoms with van der Waals surface area (Å²) in [5, 5.41) is 12.6. The number of nitrogens with one attached hydrogen (secondary N) is 1. The molecule has 0 saturated carbocycles. The SMILES string of the molecule is COc1ccc(CCNC(=O)[C@@]2(C)c3ccccc3C(=O)N(Cc3cc(F)cc(C(F)(F)F)c3)[C@H]2c2ccc(CO)cc2)cc1. The highest BCUT2D eigenvalue weighted by atomic mass is 19.4. The number of carbonyl (C=O) groups excluding carboxylic acids is 2. The molecule has 2 amide bonds. The highest BCUT2D eigenvalue weighted by Gasteiger charge is 2.53. The van der Waals surface area contributed by atoms with Gasteiger partial charge in [-0.2, -0.15) is 13.2 Å². The summed E-state index contributed by atoms with van der Waals surface area (Å²) < 4.78 is 60.4. The van der Waals surface area contributed by atoms with E-state index in [2.05, 4.69) is 5.32 Å². The Morgan fingerprint density at radius 3 is 2.27 bits per heavy atom. The van der Waals surface area contributed by atoms with Crippen LogP contribution in [0.4, 0.5) is 17.6 Å². The van der Waals surface area contributed by atoms with Gasteiger partial charge < -0.3 is 20.1 Å². The van der Waals surface area contributed by atoms with E-state index >= 15 is 0 Å². The van der Waals surface area contributed by atoms with E-state index in [-0.39, 0.29) is 24.3 Å². The number of alkyl halides is 3. The lowest BCUT2D eigenvalue weighted by atomic mass is 9.67. The molecule has 5 rings (SSSR count). The van der Waals surface area contributed by atoms with Gasteiger partial charge in [0.25, 0.3) is 5.91 Å². The van der Waals surface area contributed by atoms with Gasteiger partial charge in [-0.05, 0) is 77.6 Å². The van der Waals surface area contributed by atoms with Crippen molar-refractivity contribution in [3.8, 4) is 5.75 Å². The Labute approximate surface area is 258 Å². The van der Waals surface area contributed by atoms with Gasteiger partial charge >= 0.3 is 6.18 Å². The summed E-state index contributed by atoms with van der Waals surface area (Å²) in [5.41, 5.74) is 0.101. The van der Waals surface area contributed by atoms with Gasteiger partial charge in [-0.25, -0.2) is 4.39 Å². The second kappa shape index (κ2) is 12.7. The van der Waals surface area contributed by atoms with Crippen molar-refractivity contribution in [3.05, 3.63) is 136 Å². The number of methoxy groups -OCH3 is 1. The number of ether oxygens (including phenoxy) is 1. The van der Waals surface area contributed by atoms with Crippen molar-refractivity contribution in [3.63, 3.8) is 0 Å². The number of rotatable bonds is 9. The normalized spacial score (nSPS) is 18.0. The minimum atomic E-state index is -4.80. The fourth-order valence-electron chi connectivity index (χ4n) is 5.98. The molecule has 234 valence electrons. The monoisotopic (exact) mass is 620 g/mol. The molecule has 45 heavy (non-hydrogen) atoms. The van der Waals surface area contributed by atoms with Gasteiger partial charge in [-0.1, -0.05) is 54.6 Å². The van der Waals surface area contributed by atoms with Gasteiger partial charge in [0.05, 0.1) is 30.7 Å². The molecule has 1 aliphatic rings. The maximum Gasteiger partial charge on any atom is 0.416 e. The van der Waals surface area contributed by atoms with E-state index < -0.39 is 47.4 Å². The predicted molar refractivity (Wildman–Crippen MR) is 160 cm³/mol. The van der Waals surface area contributed by atoms with Crippen molar-refractivity contribution in [1.82, 2.24) is 10.2 Å². The average molecular weight is 621 g/mol. The predicted octanol–water partition coefficient (Wildman–Crippen LogP) is 6.36. The molecule has 6 nitrogen and oxygen atoms in total. The smallest absolute Gasteiger partial charge is 0.416 e. The zero-order valence-corrected chi connectivity index (χ0v) is 24.7. The van der Waals surface area contributed by atoms with Crippen molar-refractivity contribution >= 4 is 11.8 Å². The minimum Gasteiger partial charge on any atom is -0.497 e. The van der Waals surface area contributed by atoms with Crippen molar-refractivity contribution in [1.29, 1.82) is 0 Å². The third-order valence-electron chi connectivity index (χ3n) is 8.28. The number of fused-ring (bicyclic) bond motifs is 1. The van der Waals surface area contributed by atoms with Crippen LogP contribution in [0.15, 0.2) is 91.0 Å². The largest absolute Gasteiger partial charge is 0.497 e. The molecule has 2 atom stereocenters. The summed E-state index contributed by atoms with van der Waals surface area (Å²) in [6, 6.07) is 21.9. The molecule has 2 N–H and O–H groups in total. The molecule has 10 heteroatoms. The molecule has 4 aromatic rings. The molecule has 4 aromatic carbocycles. The fraction of sp³-hybridized carbons (Fsp3) is 0.257. The number of amides is 2. The molecule has 0 radical (unpaired) electrons. The molecule has 0 spiro atoms. The van der Waals surface area contributed by atoms with Gasteiger partial charge in [0, 0.05) is 18.7 Å². The Morgan fingerprint density at radius 2 is 1.62 bits per heavy atom. The summed E-state index contributed by atoms with van der Waals surface area (Å²) >= 11 is 0. The fourth-order valence-corrected chi connectivity index (χ4v) is 5.98. The van der Waals surface area contributed by atoms with E-state index in [1.165, 1.54) is 4.90 Å². The van der Waals surface area contributed by atoms with Crippen LogP contribution in [0, 0.1) is 5.82 Å². The standard InChI is InChI=1S/C35H32F4N2O4/c1-34(33(44)40-16-15-22-9-13-28(45-2)14-10-22)30-6-4-3-5-29(30)32(43)41(31(34)25-11-7-23(21-42)8-12-25)20-24-17-26(35(37,38)39)19-27(36)18-24/h3-14,17-19,31,42H,15-16,20-21H2,1-2H3,(H,40,44)/t31-,34-/m0/s1. The third-order valence-corrected chi connectivity index (χ3v) is 8.28. The molecular weight excluding hydrogens is 588 g/mol. The van der Waals surface area contributed by atoms with Crippen LogP contribution in [0.2, 0.25) is 0 Å². The Bertz CT molecular complexity index is 1690. The number of hydrogen-bond acceptors (Lipinski definition) is 4. The van der Waals surface area contributed by atoms with Gasteiger partial charge in [-0.15, -0.1) is 0 Å². The summed E-state index contributed by atoms with van der Waals surface area (Å²) in [6.07, 6.45) is -4.29. The van der Waals surface area contributed by atoms with Gasteiger partial charge in [-0.3, -0.25) is 9.59 Å². The number of nitrogens with zero attached hydrogens (tertiary/aromatic N) is 1. The lowest BCUT2D eigenvalue weighted by Gasteiger charge is -2.48. The number of carbonyl (C=O) groups is 2. The zero-order valence-electron chi connectivity index (χ0n) is 24.7. The molecule has 0 saturated heterocycles. The van der Waals surface area contributed by atoms with Crippen LogP contribution in [0.5, 0.6) is 5.75 Å². The molecule has 1 heterocycles. The molecule has 0 aromatic heterocycles. The highest BCUT2D eigenvalue weighted by Crippen LogP contribution is 2.48.